The van der Waals surface area contributed by atoms with Gasteiger partial charge in [-0.2, -0.15) is 0 Å². The number of aromatic nitrogens is 1. The van der Waals surface area contributed by atoms with E-state index in [1.165, 1.54) is 26.7 Å². The molecule has 0 spiro atoms. The standard InChI is InChI=1S/C30H19NOSi/c1-2-8-21(9-3-1)33-22-16-14-20(15-17-22)31-27-12-6-4-10-23(27)25-18-19-26-24-11-5-7-13-28(24)32-30(26)29(25)31/h1-19H. The second kappa shape index (κ2) is 7.22. The number of furan rings is 1. The fourth-order valence-corrected chi connectivity index (χ4v) is 5.91. The van der Waals surface area contributed by atoms with Gasteiger partial charge in [0.2, 0.25) is 0 Å². The van der Waals surface area contributed by atoms with Crippen molar-refractivity contribution in [2.75, 3.05) is 0 Å². The van der Waals surface area contributed by atoms with Crippen molar-refractivity contribution in [3.63, 3.8) is 0 Å². The molecule has 0 saturated heterocycles. The summed E-state index contributed by atoms with van der Waals surface area (Å²) in [6, 6.07) is 41.0. The molecule has 0 unspecified atom stereocenters. The monoisotopic (exact) mass is 437 g/mol. The van der Waals surface area contributed by atoms with Crippen molar-refractivity contribution >= 4 is 63.6 Å². The van der Waals surface area contributed by atoms with Gasteiger partial charge in [-0.05, 0) is 30.3 Å². The van der Waals surface area contributed by atoms with Crippen LogP contribution in [0.4, 0.5) is 0 Å². The van der Waals surface area contributed by atoms with E-state index in [0.29, 0.717) is 9.52 Å². The van der Waals surface area contributed by atoms with Crippen molar-refractivity contribution in [3.05, 3.63) is 115 Å². The second-order valence-corrected chi connectivity index (χ2v) is 9.73. The molecule has 5 aromatic carbocycles. The highest BCUT2D eigenvalue weighted by molar-refractivity contribution is 6.67. The fourth-order valence-electron chi connectivity index (χ4n) is 4.88. The zero-order valence-corrected chi connectivity index (χ0v) is 18.8. The van der Waals surface area contributed by atoms with Crippen molar-refractivity contribution in [2.24, 2.45) is 0 Å². The smallest absolute Gasteiger partial charge is 0.160 e. The molecule has 0 saturated carbocycles. The van der Waals surface area contributed by atoms with Crippen LogP contribution >= 0.6 is 0 Å². The summed E-state index contributed by atoms with van der Waals surface area (Å²) in [5.74, 6) is 0. The minimum absolute atomic E-state index is 0.651. The van der Waals surface area contributed by atoms with E-state index in [4.69, 9.17) is 4.42 Å². The van der Waals surface area contributed by atoms with Crippen LogP contribution in [0.5, 0.6) is 0 Å². The van der Waals surface area contributed by atoms with Crippen molar-refractivity contribution in [3.8, 4) is 5.69 Å². The maximum Gasteiger partial charge on any atom is 0.160 e. The Hall–Kier alpha value is -4.08. The van der Waals surface area contributed by atoms with Gasteiger partial charge in [0.05, 0.1) is 11.0 Å². The van der Waals surface area contributed by atoms with Crippen molar-refractivity contribution < 1.29 is 4.42 Å². The maximum absolute atomic E-state index is 6.44. The van der Waals surface area contributed by atoms with Gasteiger partial charge < -0.3 is 8.98 Å². The van der Waals surface area contributed by atoms with E-state index < -0.39 is 0 Å². The highest BCUT2D eigenvalue weighted by Crippen LogP contribution is 2.39. The number of hydrogen-bond donors (Lipinski definition) is 0. The molecule has 3 heteroatoms. The third-order valence-electron chi connectivity index (χ3n) is 6.37. The predicted octanol–water partition coefficient (Wildman–Crippen LogP) is 6.34. The van der Waals surface area contributed by atoms with Crippen LogP contribution in [-0.4, -0.2) is 14.1 Å². The molecule has 0 atom stereocenters. The second-order valence-electron chi connectivity index (χ2n) is 8.33. The first kappa shape index (κ1) is 18.5. The van der Waals surface area contributed by atoms with E-state index in [0.717, 1.165) is 33.1 Å². The van der Waals surface area contributed by atoms with Crippen LogP contribution in [0.15, 0.2) is 120 Å². The van der Waals surface area contributed by atoms with E-state index in [-0.39, 0.29) is 0 Å². The van der Waals surface area contributed by atoms with E-state index in [9.17, 15) is 0 Å². The number of hydrogen-bond acceptors (Lipinski definition) is 1. The molecule has 0 bridgehead atoms. The van der Waals surface area contributed by atoms with Crippen molar-refractivity contribution in [1.82, 2.24) is 4.57 Å². The molecule has 0 amide bonds. The first-order valence-corrected chi connectivity index (χ1v) is 12.1. The molecule has 33 heavy (non-hydrogen) atoms. The molecule has 2 nitrogen and oxygen atoms in total. The highest BCUT2D eigenvalue weighted by atomic mass is 28.2. The third kappa shape index (κ3) is 2.86. The Balaban J connectivity index is 1.48. The van der Waals surface area contributed by atoms with Crippen LogP contribution in [0.1, 0.15) is 0 Å². The number of benzene rings is 5. The average molecular weight is 438 g/mol. The molecule has 0 aliphatic rings. The van der Waals surface area contributed by atoms with E-state index >= 15 is 0 Å². The third-order valence-corrected chi connectivity index (χ3v) is 7.61. The van der Waals surface area contributed by atoms with Crippen LogP contribution in [0.2, 0.25) is 0 Å². The summed E-state index contributed by atoms with van der Waals surface area (Å²) in [4.78, 5) is 0. The zero-order valence-electron chi connectivity index (χ0n) is 17.8. The lowest BCUT2D eigenvalue weighted by molar-refractivity contribution is 0.671. The number of fused-ring (bicyclic) bond motifs is 7. The number of rotatable bonds is 3. The predicted molar refractivity (Wildman–Crippen MR) is 140 cm³/mol. The molecule has 0 aliphatic heterocycles. The van der Waals surface area contributed by atoms with Gasteiger partial charge in [-0.25, -0.2) is 0 Å². The molecule has 2 heterocycles. The molecule has 0 fully saturated rings. The van der Waals surface area contributed by atoms with Crippen LogP contribution in [-0.2, 0) is 0 Å². The Morgan fingerprint density at radius 2 is 1.18 bits per heavy atom. The van der Waals surface area contributed by atoms with Gasteiger partial charge in [-0.15, -0.1) is 0 Å². The SMILES string of the molecule is c1ccc([Si]c2ccc(-n3c4ccccc4c4ccc5c6ccccc6oc5c43)cc2)cc1. The first-order chi connectivity index (χ1) is 16.4. The minimum atomic E-state index is 0.651. The minimum Gasteiger partial charge on any atom is -0.454 e. The van der Waals surface area contributed by atoms with Crippen LogP contribution in [0.25, 0.3) is 49.4 Å². The largest absolute Gasteiger partial charge is 0.454 e. The quantitative estimate of drug-likeness (QED) is 0.295. The lowest BCUT2D eigenvalue weighted by Gasteiger charge is -2.09. The Labute approximate surface area is 193 Å². The molecule has 0 aliphatic carbocycles. The van der Waals surface area contributed by atoms with Gasteiger partial charge in [0, 0.05) is 27.2 Å². The van der Waals surface area contributed by atoms with E-state index in [2.05, 4.69) is 108 Å². The lowest BCUT2D eigenvalue weighted by atomic mass is 10.1. The molecule has 2 aromatic heterocycles. The molecule has 7 aromatic rings. The van der Waals surface area contributed by atoms with Crippen LogP contribution in [0, 0.1) is 0 Å². The number of para-hydroxylation sites is 2. The summed E-state index contributed by atoms with van der Waals surface area (Å²) >= 11 is 0. The Morgan fingerprint density at radius 1 is 0.515 bits per heavy atom. The van der Waals surface area contributed by atoms with E-state index in [1.54, 1.807) is 0 Å². The fraction of sp³-hybridized carbons (Fsp3) is 0. The molecular formula is C30H19NOSi. The summed E-state index contributed by atoms with van der Waals surface area (Å²) in [7, 11) is 0.651. The molecule has 0 N–H and O–H groups in total. The normalized spacial score (nSPS) is 11.8. The van der Waals surface area contributed by atoms with Crippen molar-refractivity contribution in [1.29, 1.82) is 0 Å². The summed E-state index contributed by atoms with van der Waals surface area (Å²) in [6.45, 7) is 0. The summed E-state index contributed by atoms with van der Waals surface area (Å²) in [6.07, 6.45) is 0. The van der Waals surface area contributed by atoms with Gasteiger partial charge in [0.15, 0.2) is 5.58 Å². The van der Waals surface area contributed by atoms with Crippen LogP contribution < -0.4 is 10.4 Å². The summed E-state index contributed by atoms with van der Waals surface area (Å²) < 4.78 is 8.79. The van der Waals surface area contributed by atoms with Gasteiger partial charge in [-0.3, -0.25) is 0 Å². The Morgan fingerprint density at radius 3 is 2.03 bits per heavy atom. The van der Waals surface area contributed by atoms with E-state index in [1.807, 2.05) is 12.1 Å². The lowest BCUT2D eigenvalue weighted by Crippen LogP contribution is -2.26. The van der Waals surface area contributed by atoms with Gasteiger partial charge in [0.1, 0.15) is 15.1 Å². The summed E-state index contributed by atoms with van der Waals surface area (Å²) in [5.41, 5.74) is 5.34. The molecule has 2 radical (unpaired) electrons. The topological polar surface area (TPSA) is 18.1 Å². The first-order valence-electron chi connectivity index (χ1n) is 11.1. The Bertz CT molecular complexity index is 1780. The highest BCUT2D eigenvalue weighted by Gasteiger charge is 2.18. The zero-order chi connectivity index (χ0) is 21.8. The van der Waals surface area contributed by atoms with Gasteiger partial charge in [-0.1, -0.05) is 95.3 Å². The maximum atomic E-state index is 6.44. The number of nitrogens with zero attached hydrogens (tertiary/aromatic N) is 1. The molecule has 154 valence electrons. The molecular weight excluding hydrogens is 418 g/mol. The van der Waals surface area contributed by atoms with Gasteiger partial charge in [0.25, 0.3) is 0 Å². The van der Waals surface area contributed by atoms with Crippen molar-refractivity contribution in [2.45, 2.75) is 0 Å². The average Bonchev–Trinajstić information content (AvgIpc) is 3.41. The summed E-state index contributed by atoms with van der Waals surface area (Å²) in [5, 5.41) is 7.46. The van der Waals surface area contributed by atoms with Crippen LogP contribution in [0.3, 0.4) is 0 Å². The molecule has 7 rings (SSSR count). The Kier molecular flexibility index (Phi) is 4.05. The van der Waals surface area contributed by atoms with Gasteiger partial charge >= 0.3 is 0 Å².